The zero-order chi connectivity index (χ0) is 15.5. The van der Waals surface area contributed by atoms with Crippen molar-refractivity contribution in [1.29, 1.82) is 0 Å². The van der Waals surface area contributed by atoms with Gasteiger partial charge in [-0.1, -0.05) is 18.3 Å². The summed E-state index contributed by atoms with van der Waals surface area (Å²) in [4.78, 5) is 13.9. The lowest BCUT2D eigenvalue weighted by Gasteiger charge is -2.21. The van der Waals surface area contributed by atoms with Crippen LogP contribution in [-0.4, -0.2) is 34.6 Å². The van der Waals surface area contributed by atoms with Crippen LogP contribution < -0.4 is 0 Å². The largest absolute Gasteiger partial charge is 0.760 e. The van der Waals surface area contributed by atoms with Crippen LogP contribution in [0.15, 0.2) is 36.7 Å². The smallest absolute Gasteiger partial charge is 0.144 e. The van der Waals surface area contributed by atoms with Crippen LogP contribution in [0.1, 0.15) is 12.6 Å². The maximum Gasteiger partial charge on any atom is 0.144 e. The molecule has 3 rings (SSSR count). The summed E-state index contributed by atoms with van der Waals surface area (Å²) in [6, 6.07) is 7.49. The highest BCUT2D eigenvalue weighted by atomic mass is 32.2. The summed E-state index contributed by atoms with van der Waals surface area (Å²) in [7, 11) is 0. The van der Waals surface area contributed by atoms with Gasteiger partial charge in [-0.3, -0.25) is 9.19 Å². The Labute approximate surface area is 134 Å². The summed E-state index contributed by atoms with van der Waals surface area (Å²) in [5.74, 6) is 0. The topological polar surface area (TPSA) is 82.0 Å². The fraction of sp³-hybridized carbons (Fsp3) is 0.214. The van der Waals surface area contributed by atoms with Crippen LogP contribution in [0.2, 0.25) is 0 Å². The van der Waals surface area contributed by atoms with E-state index in [1.807, 2.05) is 24.3 Å². The van der Waals surface area contributed by atoms with Gasteiger partial charge in [-0.15, -0.1) is 0 Å². The highest BCUT2D eigenvalue weighted by Gasteiger charge is 2.10. The van der Waals surface area contributed by atoms with Crippen molar-refractivity contribution in [1.82, 2.24) is 19.3 Å². The van der Waals surface area contributed by atoms with Crippen molar-refractivity contribution in [2.24, 2.45) is 0 Å². The second-order valence-electron chi connectivity index (χ2n) is 4.56. The standard InChI is InChI=1S/C14H14N4O2S2/c1-2-18(22(19)20)9-11-5-6-12-14(16-11)21-13(17-12)10-4-3-7-15-8-10/h3-8H,2,9H2,1H3,(H,19,20)/p-1. The van der Waals surface area contributed by atoms with Crippen molar-refractivity contribution in [2.75, 3.05) is 6.54 Å². The molecule has 0 saturated heterocycles. The molecule has 1 unspecified atom stereocenters. The van der Waals surface area contributed by atoms with Gasteiger partial charge < -0.3 is 4.55 Å². The molecule has 0 aromatic carbocycles. The minimum atomic E-state index is -2.24. The number of nitrogens with zero attached hydrogens (tertiary/aromatic N) is 4. The van der Waals surface area contributed by atoms with E-state index in [1.54, 1.807) is 19.3 Å². The van der Waals surface area contributed by atoms with Gasteiger partial charge >= 0.3 is 0 Å². The van der Waals surface area contributed by atoms with Gasteiger partial charge in [-0.25, -0.2) is 14.3 Å². The van der Waals surface area contributed by atoms with E-state index in [0.29, 0.717) is 12.2 Å². The van der Waals surface area contributed by atoms with Crippen molar-refractivity contribution in [3.8, 4) is 10.6 Å². The maximum absolute atomic E-state index is 11.1. The van der Waals surface area contributed by atoms with Crippen molar-refractivity contribution in [3.05, 3.63) is 42.4 Å². The third kappa shape index (κ3) is 3.20. The Bertz CT molecular complexity index is 807. The first-order chi connectivity index (χ1) is 10.7. The van der Waals surface area contributed by atoms with Crippen LogP contribution in [0.3, 0.4) is 0 Å². The fourth-order valence-corrected chi connectivity index (χ4v) is 3.40. The molecule has 0 aliphatic rings. The van der Waals surface area contributed by atoms with Gasteiger partial charge in [0.2, 0.25) is 0 Å². The summed E-state index contributed by atoms with van der Waals surface area (Å²) in [6.07, 6.45) is 3.48. The minimum absolute atomic E-state index is 0.267. The molecule has 22 heavy (non-hydrogen) atoms. The summed E-state index contributed by atoms with van der Waals surface area (Å²) >= 11 is -0.766. The predicted octanol–water partition coefficient (Wildman–Crippen LogP) is 2.37. The molecule has 3 aromatic heterocycles. The number of rotatable bonds is 5. The van der Waals surface area contributed by atoms with Gasteiger partial charge in [-0.2, -0.15) is 0 Å². The molecule has 8 heteroatoms. The zero-order valence-electron chi connectivity index (χ0n) is 11.8. The molecule has 6 nitrogen and oxygen atoms in total. The fourth-order valence-electron chi connectivity index (χ4n) is 2.01. The Morgan fingerprint density at radius 3 is 2.86 bits per heavy atom. The molecule has 0 aliphatic heterocycles. The molecule has 0 saturated carbocycles. The van der Waals surface area contributed by atoms with Crippen LogP contribution in [0.5, 0.6) is 0 Å². The lowest BCUT2D eigenvalue weighted by molar-refractivity contribution is 0.393. The Balaban J connectivity index is 1.92. The van der Waals surface area contributed by atoms with Gasteiger partial charge in [0, 0.05) is 35.8 Å². The van der Waals surface area contributed by atoms with Crippen LogP contribution in [0, 0.1) is 0 Å². The molecule has 3 heterocycles. The lowest BCUT2D eigenvalue weighted by atomic mass is 10.3. The number of thiazole rings is 1. The minimum Gasteiger partial charge on any atom is -0.760 e. The molecule has 0 spiro atoms. The van der Waals surface area contributed by atoms with E-state index < -0.39 is 11.3 Å². The molecular weight excluding hydrogens is 320 g/mol. The van der Waals surface area contributed by atoms with Gasteiger partial charge in [0.1, 0.15) is 15.4 Å². The summed E-state index contributed by atoms with van der Waals surface area (Å²) < 4.78 is 23.5. The van der Waals surface area contributed by atoms with Gasteiger partial charge in [0.25, 0.3) is 0 Å². The van der Waals surface area contributed by atoms with Gasteiger partial charge in [0.15, 0.2) is 0 Å². The SMILES string of the molecule is CCN(Cc1ccc2nc(-c3cccnc3)sc2n1)S(=O)[O-]. The molecule has 114 valence electrons. The average Bonchev–Trinajstić information content (AvgIpc) is 2.96. The van der Waals surface area contributed by atoms with Crippen LogP contribution in [-0.2, 0) is 17.8 Å². The molecule has 1 atom stereocenters. The molecule has 0 fully saturated rings. The Hall–Kier alpha value is -1.74. The van der Waals surface area contributed by atoms with E-state index in [9.17, 15) is 8.76 Å². The van der Waals surface area contributed by atoms with Crippen molar-refractivity contribution < 1.29 is 8.76 Å². The predicted molar refractivity (Wildman–Crippen MR) is 85.6 cm³/mol. The van der Waals surface area contributed by atoms with Crippen molar-refractivity contribution in [2.45, 2.75) is 13.5 Å². The first-order valence-corrected chi connectivity index (χ1v) is 8.53. The second kappa shape index (κ2) is 6.57. The Morgan fingerprint density at radius 2 is 2.18 bits per heavy atom. The second-order valence-corrected chi connectivity index (χ2v) is 6.49. The molecule has 0 bridgehead atoms. The summed E-state index contributed by atoms with van der Waals surface area (Å²) in [6.45, 7) is 2.48. The van der Waals surface area contributed by atoms with E-state index in [1.165, 1.54) is 15.6 Å². The molecule has 0 amide bonds. The van der Waals surface area contributed by atoms with Crippen LogP contribution in [0.4, 0.5) is 0 Å². The first-order valence-electron chi connectivity index (χ1n) is 6.68. The van der Waals surface area contributed by atoms with Crippen LogP contribution in [0.25, 0.3) is 20.9 Å². The van der Waals surface area contributed by atoms with E-state index >= 15 is 0 Å². The van der Waals surface area contributed by atoms with Gasteiger partial charge in [-0.05, 0) is 24.3 Å². The number of aromatic nitrogens is 3. The number of hydrogen-bond donors (Lipinski definition) is 0. The normalized spacial score (nSPS) is 12.9. The quantitative estimate of drug-likeness (QED) is 0.670. The van der Waals surface area contributed by atoms with E-state index in [-0.39, 0.29) is 6.54 Å². The molecule has 0 N–H and O–H groups in total. The number of fused-ring (bicyclic) bond motifs is 1. The Kier molecular flexibility index (Phi) is 4.53. The molecular formula is C14H13N4O2S2-. The Morgan fingerprint density at radius 1 is 1.32 bits per heavy atom. The molecule has 3 aromatic rings. The van der Waals surface area contributed by atoms with Crippen molar-refractivity contribution >= 4 is 33.0 Å². The third-order valence-electron chi connectivity index (χ3n) is 3.12. The highest BCUT2D eigenvalue weighted by Crippen LogP contribution is 2.28. The van der Waals surface area contributed by atoms with Gasteiger partial charge in [0.05, 0.1) is 12.2 Å². The average molecular weight is 333 g/mol. The highest BCUT2D eigenvalue weighted by molar-refractivity contribution is 7.76. The summed E-state index contributed by atoms with van der Waals surface area (Å²) in [5, 5.41) is 0.854. The van der Waals surface area contributed by atoms with E-state index in [0.717, 1.165) is 20.9 Å². The monoisotopic (exact) mass is 333 g/mol. The van der Waals surface area contributed by atoms with Crippen LogP contribution >= 0.6 is 11.3 Å². The van der Waals surface area contributed by atoms with Crippen molar-refractivity contribution in [3.63, 3.8) is 0 Å². The zero-order valence-corrected chi connectivity index (χ0v) is 13.4. The third-order valence-corrected chi connectivity index (χ3v) is 4.95. The number of pyridine rings is 2. The van der Waals surface area contributed by atoms with E-state index in [4.69, 9.17) is 0 Å². The molecule has 0 aliphatic carbocycles. The molecule has 0 radical (unpaired) electrons. The maximum atomic E-state index is 11.1. The van der Waals surface area contributed by atoms with E-state index in [2.05, 4.69) is 15.0 Å². The number of hydrogen-bond acceptors (Lipinski definition) is 6. The first kappa shape index (κ1) is 15.2. The lowest BCUT2D eigenvalue weighted by Crippen LogP contribution is -2.25. The summed E-state index contributed by atoms with van der Waals surface area (Å²) in [5.41, 5.74) is 2.46.